The van der Waals surface area contributed by atoms with E-state index in [2.05, 4.69) is 5.32 Å². The van der Waals surface area contributed by atoms with E-state index < -0.39 is 18.0 Å². The molecule has 0 aromatic heterocycles. The smallest absolute Gasteiger partial charge is 0.342 e. The number of phenols is 1. The van der Waals surface area contributed by atoms with Gasteiger partial charge in [0.15, 0.2) is 6.10 Å². The SMILES string of the molecule is COc1ccc(Cl)cc1NC(=O)[C@@H](C)OC(=O)c1ccccc1O. The molecule has 1 amide bonds. The van der Waals surface area contributed by atoms with Crippen molar-refractivity contribution in [3.8, 4) is 11.5 Å². The van der Waals surface area contributed by atoms with Crippen LogP contribution in [0.2, 0.25) is 5.02 Å². The molecule has 2 aromatic rings. The Bertz CT molecular complexity index is 762. The second-order valence-electron chi connectivity index (χ2n) is 4.90. The largest absolute Gasteiger partial charge is 0.507 e. The first-order chi connectivity index (χ1) is 11.4. The van der Waals surface area contributed by atoms with Crippen molar-refractivity contribution in [1.29, 1.82) is 0 Å². The molecule has 0 saturated heterocycles. The molecule has 0 heterocycles. The van der Waals surface area contributed by atoms with Crippen LogP contribution in [-0.2, 0) is 9.53 Å². The molecule has 0 aliphatic carbocycles. The third-order valence-electron chi connectivity index (χ3n) is 3.20. The van der Waals surface area contributed by atoms with Gasteiger partial charge in [-0.3, -0.25) is 4.79 Å². The fourth-order valence-corrected chi connectivity index (χ4v) is 2.11. The molecule has 24 heavy (non-hydrogen) atoms. The van der Waals surface area contributed by atoms with Gasteiger partial charge in [-0.25, -0.2) is 4.79 Å². The predicted molar refractivity (Wildman–Crippen MR) is 89.6 cm³/mol. The minimum atomic E-state index is -1.08. The van der Waals surface area contributed by atoms with Crippen LogP contribution >= 0.6 is 11.6 Å². The van der Waals surface area contributed by atoms with E-state index in [9.17, 15) is 14.7 Å². The summed E-state index contributed by atoms with van der Waals surface area (Å²) in [5.74, 6) is -1.15. The van der Waals surface area contributed by atoms with Gasteiger partial charge in [0.25, 0.3) is 5.91 Å². The van der Waals surface area contributed by atoms with Gasteiger partial charge in [-0.05, 0) is 37.3 Å². The molecule has 0 radical (unpaired) electrons. The van der Waals surface area contributed by atoms with E-state index in [1.165, 1.54) is 32.2 Å². The van der Waals surface area contributed by atoms with Gasteiger partial charge in [-0.2, -0.15) is 0 Å². The van der Waals surface area contributed by atoms with E-state index in [1.807, 2.05) is 0 Å². The number of carbonyl (C=O) groups is 2. The molecule has 2 aromatic carbocycles. The summed E-state index contributed by atoms with van der Waals surface area (Å²) in [6.45, 7) is 1.42. The number of aromatic hydroxyl groups is 1. The minimum Gasteiger partial charge on any atom is -0.507 e. The highest BCUT2D eigenvalue weighted by Crippen LogP contribution is 2.28. The Kier molecular flexibility index (Phi) is 5.65. The summed E-state index contributed by atoms with van der Waals surface area (Å²) in [4.78, 5) is 24.2. The molecule has 2 rings (SSSR count). The number of hydrogen-bond acceptors (Lipinski definition) is 5. The minimum absolute atomic E-state index is 0.0162. The number of benzene rings is 2. The highest BCUT2D eigenvalue weighted by Gasteiger charge is 2.21. The van der Waals surface area contributed by atoms with Crippen molar-refractivity contribution in [3.63, 3.8) is 0 Å². The van der Waals surface area contributed by atoms with Crippen molar-refractivity contribution in [1.82, 2.24) is 0 Å². The Morgan fingerprint density at radius 3 is 2.58 bits per heavy atom. The Morgan fingerprint density at radius 1 is 1.21 bits per heavy atom. The number of hydrogen-bond donors (Lipinski definition) is 2. The van der Waals surface area contributed by atoms with Crippen molar-refractivity contribution < 1.29 is 24.2 Å². The van der Waals surface area contributed by atoms with Crippen LogP contribution in [-0.4, -0.2) is 30.2 Å². The van der Waals surface area contributed by atoms with Crippen LogP contribution in [0.15, 0.2) is 42.5 Å². The Morgan fingerprint density at radius 2 is 1.92 bits per heavy atom. The molecule has 0 saturated carbocycles. The maximum absolute atomic E-state index is 12.2. The number of amides is 1. The molecule has 126 valence electrons. The van der Waals surface area contributed by atoms with Crippen molar-refractivity contribution in [2.75, 3.05) is 12.4 Å². The zero-order valence-corrected chi connectivity index (χ0v) is 13.8. The summed E-state index contributed by atoms with van der Waals surface area (Å²) in [6.07, 6.45) is -1.08. The molecule has 0 spiro atoms. The third kappa shape index (κ3) is 4.17. The molecule has 0 aliphatic heterocycles. The predicted octanol–water partition coefficient (Wildman–Crippen LogP) is 3.24. The average Bonchev–Trinajstić information content (AvgIpc) is 2.55. The first-order valence-corrected chi connectivity index (χ1v) is 7.43. The van der Waals surface area contributed by atoms with E-state index in [1.54, 1.807) is 24.3 Å². The van der Waals surface area contributed by atoms with Gasteiger partial charge in [0, 0.05) is 5.02 Å². The fraction of sp³-hybridized carbons (Fsp3) is 0.176. The van der Waals surface area contributed by atoms with E-state index in [0.717, 1.165) is 0 Å². The van der Waals surface area contributed by atoms with Crippen LogP contribution < -0.4 is 10.1 Å². The number of rotatable bonds is 5. The lowest BCUT2D eigenvalue weighted by molar-refractivity contribution is -0.123. The zero-order chi connectivity index (χ0) is 17.7. The summed E-state index contributed by atoms with van der Waals surface area (Å²) in [7, 11) is 1.46. The molecule has 6 nitrogen and oxygen atoms in total. The van der Waals surface area contributed by atoms with Gasteiger partial charge in [0.1, 0.15) is 17.1 Å². The van der Waals surface area contributed by atoms with E-state index in [-0.39, 0.29) is 11.3 Å². The van der Waals surface area contributed by atoms with E-state index in [0.29, 0.717) is 16.5 Å². The third-order valence-corrected chi connectivity index (χ3v) is 3.43. The van der Waals surface area contributed by atoms with Gasteiger partial charge in [-0.1, -0.05) is 23.7 Å². The molecule has 0 aliphatic rings. The molecule has 1 atom stereocenters. The second kappa shape index (κ2) is 7.70. The number of halogens is 1. The summed E-state index contributed by atoms with van der Waals surface area (Å²) in [6, 6.07) is 10.7. The Balaban J connectivity index is 2.06. The number of phenolic OH excluding ortho intramolecular Hbond substituents is 1. The maximum atomic E-state index is 12.2. The Hall–Kier alpha value is -2.73. The molecular weight excluding hydrogens is 334 g/mol. The van der Waals surface area contributed by atoms with E-state index >= 15 is 0 Å². The van der Waals surface area contributed by atoms with Crippen molar-refractivity contribution in [2.24, 2.45) is 0 Å². The topological polar surface area (TPSA) is 84.9 Å². The van der Waals surface area contributed by atoms with Crippen molar-refractivity contribution in [2.45, 2.75) is 13.0 Å². The number of esters is 1. The second-order valence-corrected chi connectivity index (χ2v) is 5.33. The number of para-hydroxylation sites is 1. The highest BCUT2D eigenvalue weighted by molar-refractivity contribution is 6.31. The van der Waals surface area contributed by atoms with Crippen LogP contribution in [0.4, 0.5) is 5.69 Å². The zero-order valence-electron chi connectivity index (χ0n) is 13.1. The molecule has 0 unspecified atom stereocenters. The summed E-state index contributed by atoms with van der Waals surface area (Å²) < 4.78 is 10.2. The van der Waals surface area contributed by atoms with Crippen LogP contribution in [0, 0.1) is 0 Å². The fourth-order valence-electron chi connectivity index (χ4n) is 1.94. The van der Waals surface area contributed by atoms with Crippen LogP contribution in [0.1, 0.15) is 17.3 Å². The maximum Gasteiger partial charge on any atom is 0.342 e. The molecule has 2 N–H and O–H groups in total. The van der Waals surface area contributed by atoms with Gasteiger partial charge in [-0.15, -0.1) is 0 Å². The van der Waals surface area contributed by atoms with Gasteiger partial charge >= 0.3 is 5.97 Å². The number of anilines is 1. The van der Waals surface area contributed by atoms with Crippen molar-refractivity contribution in [3.05, 3.63) is 53.1 Å². The van der Waals surface area contributed by atoms with E-state index in [4.69, 9.17) is 21.1 Å². The number of ether oxygens (including phenoxy) is 2. The van der Waals surface area contributed by atoms with Crippen molar-refractivity contribution >= 4 is 29.2 Å². The van der Waals surface area contributed by atoms with Crippen LogP contribution in [0.25, 0.3) is 0 Å². The lowest BCUT2D eigenvalue weighted by Gasteiger charge is -2.15. The first-order valence-electron chi connectivity index (χ1n) is 7.05. The molecular formula is C17H16ClNO5. The average molecular weight is 350 g/mol. The van der Waals surface area contributed by atoms with Gasteiger partial charge in [0.05, 0.1) is 12.8 Å². The van der Waals surface area contributed by atoms with Crippen LogP contribution in [0.5, 0.6) is 11.5 Å². The van der Waals surface area contributed by atoms with Crippen LogP contribution in [0.3, 0.4) is 0 Å². The lowest BCUT2D eigenvalue weighted by atomic mass is 10.2. The lowest BCUT2D eigenvalue weighted by Crippen LogP contribution is -2.30. The van der Waals surface area contributed by atoms with Gasteiger partial charge in [0.2, 0.25) is 0 Å². The molecule has 0 fully saturated rings. The number of nitrogens with one attached hydrogen (secondary N) is 1. The van der Waals surface area contributed by atoms with Gasteiger partial charge < -0.3 is 19.9 Å². The standard InChI is InChI=1S/C17H16ClNO5/c1-10(24-17(22)12-5-3-4-6-14(12)20)16(21)19-13-9-11(18)7-8-15(13)23-2/h3-10,20H,1-2H3,(H,19,21)/t10-/m1/s1. The quantitative estimate of drug-likeness (QED) is 0.809. The number of carbonyl (C=O) groups excluding carboxylic acids is 2. The summed E-state index contributed by atoms with van der Waals surface area (Å²) in [5, 5.41) is 12.6. The monoisotopic (exact) mass is 349 g/mol. The summed E-state index contributed by atoms with van der Waals surface area (Å²) in [5.41, 5.74) is 0.345. The highest BCUT2D eigenvalue weighted by atomic mass is 35.5. The molecule has 7 heteroatoms. The first kappa shape index (κ1) is 17.6. The molecule has 0 bridgehead atoms. The normalized spacial score (nSPS) is 11.5. The number of methoxy groups -OCH3 is 1. The Labute approximate surface area is 144 Å². The summed E-state index contributed by atoms with van der Waals surface area (Å²) >= 11 is 5.90.